The standard InChI is InChI=1S/C19H22N6O4/c1-22(11-12-26)16-13-15(17-18(21-29-20-17)19(16)25(27)28)24-9-7-23(8-10-24)14-5-3-2-4-6-14/h2-6,13,26H,7-12H2,1H3. The second-order valence-corrected chi connectivity index (χ2v) is 6.94. The van der Waals surface area contributed by atoms with Gasteiger partial charge in [0.1, 0.15) is 5.69 Å². The zero-order chi connectivity index (χ0) is 20.4. The van der Waals surface area contributed by atoms with Gasteiger partial charge in [-0.15, -0.1) is 0 Å². The topological polar surface area (TPSA) is 112 Å². The lowest BCUT2D eigenvalue weighted by molar-refractivity contribution is -0.382. The summed E-state index contributed by atoms with van der Waals surface area (Å²) < 4.78 is 4.86. The molecule has 3 aromatic rings. The fourth-order valence-corrected chi connectivity index (χ4v) is 3.73. The molecule has 10 heteroatoms. The molecule has 1 aromatic heterocycles. The minimum atomic E-state index is -0.479. The van der Waals surface area contributed by atoms with E-state index in [1.807, 2.05) is 18.2 Å². The van der Waals surface area contributed by atoms with Crippen LogP contribution in [0, 0.1) is 10.1 Å². The van der Waals surface area contributed by atoms with Gasteiger partial charge in [-0.2, -0.15) is 0 Å². The maximum absolute atomic E-state index is 11.7. The van der Waals surface area contributed by atoms with Crippen LogP contribution in [-0.2, 0) is 0 Å². The van der Waals surface area contributed by atoms with Crippen LogP contribution in [-0.4, -0.2) is 66.7 Å². The number of para-hydroxylation sites is 1. The number of benzene rings is 2. The fourth-order valence-electron chi connectivity index (χ4n) is 3.73. The van der Waals surface area contributed by atoms with Crippen molar-refractivity contribution < 1.29 is 14.7 Å². The number of rotatable bonds is 6. The van der Waals surface area contributed by atoms with Crippen LogP contribution in [0.2, 0.25) is 0 Å². The number of aliphatic hydroxyl groups excluding tert-OH is 1. The summed E-state index contributed by atoms with van der Waals surface area (Å²) in [7, 11) is 1.70. The highest BCUT2D eigenvalue weighted by Crippen LogP contribution is 2.40. The van der Waals surface area contributed by atoms with E-state index in [-0.39, 0.29) is 24.4 Å². The molecule has 10 nitrogen and oxygen atoms in total. The normalized spacial score (nSPS) is 14.4. The highest BCUT2D eigenvalue weighted by molar-refractivity contribution is 6.00. The van der Waals surface area contributed by atoms with Crippen LogP contribution in [0.5, 0.6) is 0 Å². The molecule has 1 saturated heterocycles. The number of anilines is 3. The first-order valence-electron chi connectivity index (χ1n) is 9.40. The van der Waals surface area contributed by atoms with Gasteiger partial charge in [-0.1, -0.05) is 18.2 Å². The van der Waals surface area contributed by atoms with Gasteiger partial charge in [-0.25, -0.2) is 4.63 Å². The molecule has 29 heavy (non-hydrogen) atoms. The van der Waals surface area contributed by atoms with Crippen molar-refractivity contribution in [1.82, 2.24) is 10.3 Å². The van der Waals surface area contributed by atoms with Gasteiger partial charge < -0.3 is 19.8 Å². The van der Waals surface area contributed by atoms with E-state index in [1.54, 1.807) is 18.0 Å². The highest BCUT2D eigenvalue weighted by Gasteiger charge is 2.30. The summed E-state index contributed by atoms with van der Waals surface area (Å²) in [5, 5.41) is 28.8. The molecule has 0 aliphatic carbocycles. The van der Waals surface area contributed by atoms with Gasteiger partial charge in [-0.3, -0.25) is 10.1 Å². The van der Waals surface area contributed by atoms with Crippen LogP contribution < -0.4 is 14.7 Å². The van der Waals surface area contributed by atoms with Gasteiger partial charge >= 0.3 is 5.69 Å². The quantitative estimate of drug-likeness (QED) is 0.491. The van der Waals surface area contributed by atoms with E-state index in [0.717, 1.165) is 31.9 Å². The smallest absolute Gasteiger partial charge is 0.323 e. The summed E-state index contributed by atoms with van der Waals surface area (Å²) >= 11 is 0. The largest absolute Gasteiger partial charge is 0.395 e. The molecule has 4 rings (SSSR count). The highest BCUT2D eigenvalue weighted by atomic mass is 16.6. The minimum absolute atomic E-state index is 0.117. The van der Waals surface area contributed by atoms with Gasteiger partial charge in [0.05, 0.1) is 17.2 Å². The third-order valence-electron chi connectivity index (χ3n) is 5.24. The van der Waals surface area contributed by atoms with E-state index >= 15 is 0 Å². The number of hydrogen-bond donors (Lipinski definition) is 1. The Bertz CT molecular complexity index is 1000. The summed E-state index contributed by atoms with van der Waals surface area (Å²) in [5.41, 5.74) is 2.65. The van der Waals surface area contributed by atoms with Gasteiger partial charge in [0.15, 0.2) is 5.52 Å². The second-order valence-electron chi connectivity index (χ2n) is 6.94. The third kappa shape index (κ3) is 3.54. The van der Waals surface area contributed by atoms with Crippen molar-refractivity contribution in [1.29, 1.82) is 0 Å². The van der Waals surface area contributed by atoms with Crippen LogP contribution in [0.3, 0.4) is 0 Å². The molecule has 1 aliphatic rings. The summed E-state index contributed by atoms with van der Waals surface area (Å²) in [6, 6.07) is 12.0. The van der Waals surface area contributed by atoms with E-state index in [2.05, 4.69) is 32.2 Å². The first-order chi connectivity index (χ1) is 14.1. The predicted octanol–water partition coefficient (Wildman–Crippen LogP) is 1.89. The Kier molecular flexibility index (Phi) is 5.17. The number of piperazine rings is 1. The van der Waals surface area contributed by atoms with Gasteiger partial charge in [-0.05, 0) is 28.5 Å². The second kappa shape index (κ2) is 7.92. The zero-order valence-electron chi connectivity index (χ0n) is 16.1. The molecule has 1 N–H and O–H groups in total. The van der Waals surface area contributed by atoms with E-state index < -0.39 is 4.92 Å². The molecule has 1 aliphatic heterocycles. The fraction of sp³-hybridized carbons (Fsp3) is 0.368. The van der Waals surface area contributed by atoms with Crippen molar-refractivity contribution in [3.63, 3.8) is 0 Å². The zero-order valence-corrected chi connectivity index (χ0v) is 16.1. The summed E-state index contributed by atoms with van der Waals surface area (Å²) in [5.74, 6) is 0. The Morgan fingerprint density at radius 1 is 1.14 bits per heavy atom. The number of fused-ring (bicyclic) bond motifs is 1. The third-order valence-corrected chi connectivity index (χ3v) is 5.24. The van der Waals surface area contributed by atoms with Crippen LogP contribution in [0.25, 0.3) is 11.0 Å². The number of aliphatic hydroxyl groups is 1. The SMILES string of the molecule is CN(CCO)c1cc(N2CCN(c3ccccc3)CC2)c2nonc2c1[N+](=O)[O-]. The Balaban J connectivity index is 1.68. The van der Waals surface area contributed by atoms with E-state index in [9.17, 15) is 15.2 Å². The summed E-state index contributed by atoms with van der Waals surface area (Å²) in [6.07, 6.45) is 0. The Morgan fingerprint density at radius 3 is 2.45 bits per heavy atom. The molecule has 0 saturated carbocycles. The molecular formula is C19H22N6O4. The van der Waals surface area contributed by atoms with Crippen LogP contribution in [0.4, 0.5) is 22.7 Å². The molecule has 0 bridgehead atoms. The Hall–Kier alpha value is -3.40. The lowest BCUT2D eigenvalue weighted by atomic mass is 10.1. The number of nitrogens with zero attached hydrogens (tertiary/aromatic N) is 6. The average molecular weight is 398 g/mol. The van der Waals surface area contributed by atoms with E-state index in [4.69, 9.17) is 4.63 Å². The number of hydrogen-bond acceptors (Lipinski definition) is 9. The Labute approximate surface area is 167 Å². The first-order valence-corrected chi connectivity index (χ1v) is 9.40. The molecule has 2 aromatic carbocycles. The lowest BCUT2D eigenvalue weighted by Gasteiger charge is -2.37. The minimum Gasteiger partial charge on any atom is -0.395 e. The molecule has 152 valence electrons. The van der Waals surface area contributed by atoms with Crippen molar-refractivity contribution in [2.75, 3.05) is 61.1 Å². The number of nitro groups is 1. The predicted molar refractivity (Wildman–Crippen MR) is 110 cm³/mol. The number of aromatic nitrogens is 2. The first kappa shape index (κ1) is 18.9. The molecule has 0 amide bonds. The van der Waals surface area contributed by atoms with Gasteiger partial charge in [0.2, 0.25) is 5.52 Å². The number of likely N-dealkylation sites (N-methyl/N-ethyl adjacent to an activating group) is 1. The molecule has 0 spiro atoms. The Morgan fingerprint density at radius 2 is 1.79 bits per heavy atom. The molecular weight excluding hydrogens is 376 g/mol. The molecule has 2 heterocycles. The van der Waals surface area contributed by atoms with Gasteiger partial charge in [0.25, 0.3) is 0 Å². The molecule has 1 fully saturated rings. The van der Waals surface area contributed by atoms with Crippen molar-refractivity contribution in [3.8, 4) is 0 Å². The number of nitro benzene ring substituents is 1. The van der Waals surface area contributed by atoms with Crippen molar-refractivity contribution in [2.45, 2.75) is 0 Å². The average Bonchev–Trinajstić information content (AvgIpc) is 3.23. The summed E-state index contributed by atoms with van der Waals surface area (Å²) in [4.78, 5) is 17.3. The molecule has 0 unspecified atom stereocenters. The van der Waals surface area contributed by atoms with Crippen molar-refractivity contribution in [3.05, 3.63) is 46.5 Å². The molecule has 0 atom stereocenters. The molecule has 0 radical (unpaired) electrons. The van der Waals surface area contributed by atoms with Crippen LogP contribution >= 0.6 is 0 Å². The maximum atomic E-state index is 11.7. The van der Waals surface area contributed by atoms with Crippen LogP contribution in [0.15, 0.2) is 41.0 Å². The lowest BCUT2D eigenvalue weighted by Crippen LogP contribution is -2.46. The maximum Gasteiger partial charge on any atom is 0.323 e. The summed E-state index contributed by atoms with van der Waals surface area (Å²) in [6.45, 7) is 3.24. The monoisotopic (exact) mass is 398 g/mol. The van der Waals surface area contributed by atoms with Crippen molar-refractivity contribution in [2.24, 2.45) is 0 Å². The van der Waals surface area contributed by atoms with Crippen LogP contribution in [0.1, 0.15) is 0 Å². The van der Waals surface area contributed by atoms with E-state index in [1.165, 1.54) is 5.69 Å². The van der Waals surface area contributed by atoms with E-state index in [0.29, 0.717) is 11.2 Å². The van der Waals surface area contributed by atoms with Crippen molar-refractivity contribution >= 4 is 33.8 Å². The van der Waals surface area contributed by atoms with Gasteiger partial charge in [0, 0.05) is 45.5 Å².